The molecule has 2 saturated heterocycles. The average molecular weight is 182 g/mol. The van der Waals surface area contributed by atoms with Crippen molar-refractivity contribution in [1.82, 2.24) is 9.80 Å². The van der Waals surface area contributed by atoms with E-state index in [-0.39, 0.29) is 5.91 Å². The molecule has 0 bridgehead atoms. The molecule has 0 aromatic carbocycles. The smallest absolute Gasteiger partial charge is 0.219 e. The third-order valence-electron chi connectivity index (χ3n) is 3.37. The zero-order chi connectivity index (χ0) is 9.42. The summed E-state index contributed by atoms with van der Waals surface area (Å²) in [6, 6.07) is 0.510. The van der Waals surface area contributed by atoms with E-state index in [1.165, 1.54) is 19.4 Å². The Hall–Kier alpha value is -0.570. The van der Waals surface area contributed by atoms with Crippen LogP contribution in [0.15, 0.2) is 0 Å². The molecule has 3 nitrogen and oxygen atoms in total. The number of hydrogen-bond donors (Lipinski definition) is 0. The molecular weight excluding hydrogens is 164 g/mol. The lowest BCUT2D eigenvalue weighted by Gasteiger charge is -2.36. The number of carbonyl (C=O) groups is 1. The first-order chi connectivity index (χ1) is 6.18. The second-order valence-electron chi connectivity index (χ2n) is 4.40. The summed E-state index contributed by atoms with van der Waals surface area (Å²) in [5.41, 5.74) is 0. The topological polar surface area (TPSA) is 23.6 Å². The molecule has 2 rings (SSSR count). The van der Waals surface area contributed by atoms with Gasteiger partial charge in [-0.1, -0.05) is 0 Å². The van der Waals surface area contributed by atoms with Crippen molar-refractivity contribution in [3.8, 4) is 0 Å². The van der Waals surface area contributed by atoms with E-state index < -0.39 is 0 Å². The van der Waals surface area contributed by atoms with Gasteiger partial charge in [0.05, 0.1) is 0 Å². The van der Waals surface area contributed by atoms with E-state index in [4.69, 9.17) is 0 Å². The molecule has 2 heterocycles. The number of amides is 1. The van der Waals surface area contributed by atoms with Crippen LogP contribution in [0.25, 0.3) is 0 Å². The van der Waals surface area contributed by atoms with Gasteiger partial charge in [-0.25, -0.2) is 0 Å². The van der Waals surface area contributed by atoms with E-state index >= 15 is 0 Å². The Balaban J connectivity index is 2.09. The zero-order valence-corrected chi connectivity index (χ0v) is 8.49. The highest BCUT2D eigenvalue weighted by Gasteiger charge is 2.38. The monoisotopic (exact) mass is 182 g/mol. The molecule has 2 aliphatic heterocycles. The molecule has 0 radical (unpaired) electrons. The highest BCUT2D eigenvalue weighted by molar-refractivity contribution is 5.73. The molecule has 0 spiro atoms. The van der Waals surface area contributed by atoms with Gasteiger partial charge < -0.3 is 9.80 Å². The molecule has 0 N–H and O–H groups in total. The van der Waals surface area contributed by atoms with Gasteiger partial charge in [0.15, 0.2) is 0 Å². The maximum Gasteiger partial charge on any atom is 0.219 e. The lowest BCUT2D eigenvalue weighted by molar-refractivity contribution is -0.133. The molecule has 2 atom stereocenters. The van der Waals surface area contributed by atoms with E-state index in [1.54, 1.807) is 6.92 Å². The normalized spacial score (nSPS) is 34.8. The molecule has 74 valence electrons. The van der Waals surface area contributed by atoms with Crippen LogP contribution >= 0.6 is 0 Å². The van der Waals surface area contributed by atoms with Gasteiger partial charge >= 0.3 is 0 Å². The van der Waals surface area contributed by atoms with E-state index in [0.717, 1.165) is 19.0 Å². The van der Waals surface area contributed by atoms with Gasteiger partial charge in [-0.2, -0.15) is 0 Å². The highest BCUT2D eigenvalue weighted by atomic mass is 16.2. The second-order valence-corrected chi connectivity index (χ2v) is 4.40. The fourth-order valence-electron chi connectivity index (χ4n) is 2.78. The van der Waals surface area contributed by atoms with E-state index in [2.05, 4.69) is 16.8 Å². The molecule has 0 saturated carbocycles. The summed E-state index contributed by atoms with van der Waals surface area (Å²) in [5.74, 6) is 0.993. The van der Waals surface area contributed by atoms with Crippen LogP contribution in [0, 0.1) is 5.92 Å². The first-order valence-electron chi connectivity index (χ1n) is 5.14. The van der Waals surface area contributed by atoms with Crippen molar-refractivity contribution in [2.45, 2.75) is 25.8 Å². The Labute approximate surface area is 79.7 Å². The Morgan fingerprint density at radius 3 is 2.85 bits per heavy atom. The number of nitrogens with zero attached hydrogens (tertiary/aromatic N) is 2. The largest absolute Gasteiger partial charge is 0.338 e. The fraction of sp³-hybridized carbons (Fsp3) is 0.900. The molecule has 1 amide bonds. The van der Waals surface area contributed by atoms with Gasteiger partial charge in [0.1, 0.15) is 0 Å². The molecule has 0 aromatic rings. The number of fused-ring (bicyclic) bond motifs is 1. The van der Waals surface area contributed by atoms with Crippen molar-refractivity contribution in [1.29, 1.82) is 0 Å². The summed E-state index contributed by atoms with van der Waals surface area (Å²) in [5, 5.41) is 0. The summed E-state index contributed by atoms with van der Waals surface area (Å²) in [7, 11) is 2.15. The van der Waals surface area contributed by atoms with Crippen LogP contribution in [0.1, 0.15) is 19.8 Å². The summed E-state index contributed by atoms with van der Waals surface area (Å²) >= 11 is 0. The average Bonchev–Trinajstić information content (AvgIpc) is 2.43. The molecule has 2 aliphatic rings. The molecule has 0 aliphatic carbocycles. The van der Waals surface area contributed by atoms with Gasteiger partial charge in [0.25, 0.3) is 0 Å². The standard InChI is InChI=1S/C10H18N2O/c1-8(13)12-5-3-4-9-6-11(2)7-10(9)12/h9-10H,3-7H2,1-2H3/t9-,10+/m1/s1. The second kappa shape index (κ2) is 3.29. The van der Waals surface area contributed by atoms with Crippen molar-refractivity contribution in [3.05, 3.63) is 0 Å². The number of carbonyl (C=O) groups excluding carboxylic acids is 1. The summed E-state index contributed by atoms with van der Waals surface area (Å²) in [4.78, 5) is 15.8. The number of piperidine rings is 1. The quantitative estimate of drug-likeness (QED) is 0.546. The van der Waals surface area contributed by atoms with Gasteiger partial charge in [-0.15, -0.1) is 0 Å². The first kappa shape index (κ1) is 9.00. The number of hydrogen-bond acceptors (Lipinski definition) is 2. The van der Waals surface area contributed by atoms with E-state index in [9.17, 15) is 4.79 Å². The summed E-state index contributed by atoms with van der Waals surface area (Å²) in [6.07, 6.45) is 2.49. The third-order valence-corrected chi connectivity index (χ3v) is 3.37. The van der Waals surface area contributed by atoms with Crippen molar-refractivity contribution in [2.24, 2.45) is 5.92 Å². The minimum Gasteiger partial charge on any atom is -0.338 e. The first-order valence-corrected chi connectivity index (χ1v) is 5.14. The maximum absolute atomic E-state index is 11.4. The van der Waals surface area contributed by atoms with Crippen molar-refractivity contribution < 1.29 is 4.79 Å². The van der Waals surface area contributed by atoms with Gasteiger partial charge in [0.2, 0.25) is 5.91 Å². The summed E-state index contributed by atoms with van der Waals surface area (Å²) < 4.78 is 0. The van der Waals surface area contributed by atoms with Crippen molar-refractivity contribution in [3.63, 3.8) is 0 Å². The van der Waals surface area contributed by atoms with Crippen molar-refractivity contribution in [2.75, 3.05) is 26.7 Å². The predicted molar refractivity (Wildman–Crippen MR) is 51.4 cm³/mol. The van der Waals surface area contributed by atoms with Crippen LogP contribution in [-0.2, 0) is 4.79 Å². The third kappa shape index (κ3) is 1.57. The SMILES string of the molecule is CC(=O)N1CCC[C@@H]2CN(C)C[C@@H]21. The number of likely N-dealkylation sites (N-methyl/N-ethyl adjacent to an activating group) is 1. The zero-order valence-electron chi connectivity index (χ0n) is 8.49. The lowest BCUT2D eigenvalue weighted by atomic mass is 9.92. The number of rotatable bonds is 0. The van der Waals surface area contributed by atoms with Gasteiger partial charge in [-0.05, 0) is 25.8 Å². The molecule has 0 unspecified atom stereocenters. The molecule has 3 heteroatoms. The Bertz CT molecular complexity index is 217. The fourth-order valence-corrected chi connectivity index (χ4v) is 2.78. The predicted octanol–water partition coefficient (Wildman–Crippen LogP) is 0.559. The van der Waals surface area contributed by atoms with E-state index in [1.807, 2.05) is 0 Å². The van der Waals surface area contributed by atoms with Crippen LogP contribution in [-0.4, -0.2) is 48.4 Å². The van der Waals surface area contributed by atoms with Crippen LogP contribution < -0.4 is 0 Å². The Kier molecular flexibility index (Phi) is 2.28. The molecule has 13 heavy (non-hydrogen) atoms. The lowest BCUT2D eigenvalue weighted by Crippen LogP contribution is -2.47. The Morgan fingerprint density at radius 2 is 2.15 bits per heavy atom. The number of likely N-dealkylation sites (tertiary alicyclic amines) is 2. The van der Waals surface area contributed by atoms with Crippen LogP contribution in [0.4, 0.5) is 0 Å². The molecular formula is C10H18N2O. The van der Waals surface area contributed by atoms with Crippen molar-refractivity contribution >= 4 is 5.91 Å². The van der Waals surface area contributed by atoms with Gasteiger partial charge in [-0.3, -0.25) is 4.79 Å². The van der Waals surface area contributed by atoms with E-state index in [0.29, 0.717) is 6.04 Å². The Morgan fingerprint density at radius 1 is 1.38 bits per heavy atom. The minimum atomic E-state index is 0.255. The van der Waals surface area contributed by atoms with Crippen LogP contribution in [0.2, 0.25) is 0 Å². The maximum atomic E-state index is 11.4. The molecule has 0 aromatic heterocycles. The van der Waals surface area contributed by atoms with Crippen LogP contribution in [0.5, 0.6) is 0 Å². The highest BCUT2D eigenvalue weighted by Crippen LogP contribution is 2.29. The summed E-state index contributed by atoms with van der Waals surface area (Å²) in [6.45, 7) is 4.92. The van der Waals surface area contributed by atoms with Crippen LogP contribution in [0.3, 0.4) is 0 Å². The molecule has 2 fully saturated rings. The minimum absolute atomic E-state index is 0.255. The van der Waals surface area contributed by atoms with Gasteiger partial charge in [0, 0.05) is 32.6 Å².